The summed E-state index contributed by atoms with van der Waals surface area (Å²) in [4.78, 5) is 0. The van der Waals surface area contributed by atoms with Crippen LogP contribution >= 0.6 is 0 Å². The Labute approximate surface area is 124 Å². The first kappa shape index (κ1) is 16.3. The molecule has 0 spiro atoms. The summed E-state index contributed by atoms with van der Waals surface area (Å²) >= 11 is 0. The van der Waals surface area contributed by atoms with Gasteiger partial charge in [-0.3, -0.25) is 0 Å². The predicted octanol–water partition coefficient (Wildman–Crippen LogP) is 3.52. The number of ether oxygens (including phenoxy) is 2. The van der Waals surface area contributed by atoms with Crippen molar-refractivity contribution in [2.24, 2.45) is 5.92 Å². The van der Waals surface area contributed by atoms with Gasteiger partial charge in [0, 0.05) is 19.8 Å². The van der Waals surface area contributed by atoms with Crippen LogP contribution in [-0.4, -0.2) is 38.0 Å². The normalized spacial score (nSPS) is 32.4. The Bertz CT molecular complexity index is 256. The SMILES string of the molecule is CCCC1CCC(CNCC)(OC2CCOCC2)CC1. The molecule has 0 radical (unpaired) electrons. The summed E-state index contributed by atoms with van der Waals surface area (Å²) in [6.07, 6.45) is 10.5. The highest BCUT2D eigenvalue weighted by atomic mass is 16.5. The zero-order valence-corrected chi connectivity index (χ0v) is 13.5. The predicted molar refractivity (Wildman–Crippen MR) is 83.1 cm³/mol. The minimum Gasteiger partial charge on any atom is -0.381 e. The lowest BCUT2D eigenvalue weighted by Crippen LogP contribution is -2.48. The lowest BCUT2D eigenvalue weighted by atomic mass is 9.76. The molecule has 1 heterocycles. The van der Waals surface area contributed by atoms with E-state index in [0.717, 1.165) is 45.1 Å². The highest BCUT2D eigenvalue weighted by Gasteiger charge is 2.37. The molecule has 20 heavy (non-hydrogen) atoms. The van der Waals surface area contributed by atoms with Crippen LogP contribution in [0.15, 0.2) is 0 Å². The van der Waals surface area contributed by atoms with Gasteiger partial charge in [-0.05, 0) is 51.0 Å². The molecule has 0 amide bonds. The zero-order valence-electron chi connectivity index (χ0n) is 13.5. The van der Waals surface area contributed by atoms with Gasteiger partial charge in [-0.15, -0.1) is 0 Å². The van der Waals surface area contributed by atoms with Gasteiger partial charge in [-0.2, -0.15) is 0 Å². The van der Waals surface area contributed by atoms with E-state index in [4.69, 9.17) is 9.47 Å². The third kappa shape index (κ3) is 4.71. The second-order valence-corrected chi connectivity index (χ2v) is 6.62. The van der Waals surface area contributed by atoms with E-state index in [2.05, 4.69) is 19.2 Å². The maximum atomic E-state index is 6.61. The molecule has 0 unspecified atom stereocenters. The molecule has 1 saturated heterocycles. The second-order valence-electron chi connectivity index (χ2n) is 6.62. The monoisotopic (exact) mass is 283 g/mol. The third-order valence-corrected chi connectivity index (χ3v) is 5.00. The molecule has 1 aliphatic carbocycles. The molecule has 0 bridgehead atoms. The Balaban J connectivity index is 1.88. The average Bonchev–Trinajstić information content (AvgIpc) is 2.49. The van der Waals surface area contributed by atoms with E-state index < -0.39 is 0 Å². The fourth-order valence-corrected chi connectivity index (χ4v) is 3.74. The first-order valence-electron chi connectivity index (χ1n) is 8.74. The van der Waals surface area contributed by atoms with Gasteiger partial charge >= 0.3 is 0 Å². The summed E-state index contributed by atoms with van der Waals surface area (Å²) in [5.74, 6) is 0.938. The van der Waals surface area contributed by atoms with Crippen LogP contribution < -0.4 is 5.32 Å². The van der Waals surface area contributed by atoms with Crippen molar-refractivity contribution in [2.45, 2.75) is 76.9 Å². The largest absolute Gasteiger partial charge is 0.381 e. The van der Waals surface area contributed by atoms with Crippen molar-refractivity contribution in [1.29, 1.82) is 0 Å². The van der Waals surface area contributed by atoms with Crippen LogP contribution in [0.1, 0.15) is 65.2 Å². The zero-order chi connectivity index (χ0) is 14.3. The summed E-state index contributed by atoms with van der Waals surface area (Å²) in [5, 5.41) is 3.54. The van der Waals surface area contributed by atoms with Crippen molar-refractivity contribution in [3.8, 4) is 0 Å². The molecule has 2 rings (SSSR count). The van der Waals surface area contributed by atoms with E-state index in [9.17, 15) is 0 Å². The first-order chi connectivity index (χ1) is 9.78. The van der Waals surface area contributed by atoms with Crippen molar-refractivity contribution < 1.29 is 9.47 Å². The molecule has 0 aromatic heterocycles. The van der Waals surface area contributed by atoms with Gasteiger partial charge in [-0.1, -0.05) is 26.7 Å². The van der Waals surface area contributed by atoms with Crippen molar-refractivity contribution in [1.82, 2.24) is 5.32 Å². The number of likely N-dealkylation sites (N-methyl/N-ethyl adjacent to an activating group) is 1. The molecule has 1 aliphatic heterocycles. The van der Waals surface area contributed by atoms with E-state index in [1.807, 2.05) is 0 Å². The van der Waals surface area contributed by atoms with Gasteiger partial charge in [0.15, 0.2) is 0 Å². The van der Waals surface area contributed by atoms with E-state index in [1.54, 1.807) is 0 Å². The van der Waals surface area contributed by atoms with Crippen molar-refractivity contribution in [3.63, 3.8) is 0 Å². The molecular weight excluding hydrogens is 250 g/mol. The number of nitrogens with one attached hydrogen (secondary N) is 1. The summed E-state index contributed by atoms with van der Waals surface area (Å²) in [5.41, 5.74) is 0.0995. The third-order valence-electron chi connectivity index (χ3n) is 5.00. The average molecular weight is 283 g/mol. The Morgan fingerprint density at radius 3 is 2.40 bits per heavy atom. The molecule has 1 saturated carbocycles. The van der Waals surface area contributed by atoms with E-state index in [1.165, 1.54) is 38.5 Å². The minimum absolute atomic E-state index is 0.0995. The standard InChI is InChI=1S/C17H33NO2/c1-3-5-15-6-10-17(11-7-15,14-18-4-2)20-16-8-12-19-13-9-16/h15-16,18H,3-14H2,1-2H3. The van der Waals surface area contributed by atoms with E-state index >= 15 is 0 Å². The van der Waals surface area contributed by atoms with Crippen LogP contribution in [0.4, 0.5) is 0 Å². The fourth-order valence-electron chi connectivity index (χ4n) is 3.74. The molecule has 1 N–H and O–H groups in total. The molecule has 0 aromatic rings. The molecule has 3 nitrogen and oxygen atoms in total. The lowest BCUT2D eigenvalue weighted by Gasteiger charge is -2.43. The fraction of sp³-hybridized carbons (Fsp3) is 1.00. The first-order valence-corrected chi connectivity index (χ1v) is 8.74. The van der Waals surface area contributed by atoms with Gasteiger partial charge in [-0.25, -0.2) is 0 Å². The van der Waals surface area contributed by atoms with Crippen LogP contribution in [0.3, 0.4) is 0 Å². The highest BCUT2D eigenvalue weighted by Crippen LogP contribution is 2.38. The second kappa shape index (κ2) is 8.35. The summed E-state index contributed by atoms with van der Waals surface area (Å²) in [6, 6.07) is 0. The Hall–Kier alpha value is -0.120. The molecule has 2 fully saturated rings. The van der Waals surface area contributed by atoms with Crippen LogP contribution in [0.5, 0.6) is 0 Å². The van der Waals surface area contributed by atoms with Gasteiger partial charge < -0.3 is 14.8 Å². The van der Waals surface area contributed by atoms with Crippen LogP contribution in [0, 0.1) is 5.92 Å². The highest BCUT2D eigenvalue weighted by molar-refractivity contribution is 4.90. The van der Waals surface area contributed by atoms with Crippen LogP contribution in [0.25, 0.3) is 0 Å². The van der Waals surface area contributed by atoms with Gasteiger partial charge in [0.1, 0.15) is 0 Å². The van der Waals surface area contributed by atoms with Crippen molar-refractivity contribution >= 4 is 0 Å². The van der Waals surface area contributed by atoms with Gasteiger partial charge in [0.2, 0.25) is 0 Å². The summed E-state index contributed by atoms with van der Waals surface area (Å²) < 4.78 is 12.1. The maximum Gasteiger partial charge on any atom is 0.0810 e. The molecule has 0 atom stereocenters. The minimum atomic E-state index is 0.0995. The maximum absolute atomic E-state index is 6.61. The van der Waals surface area contributed by atoms with Gasteiger partial charge in [0.25, 0.3) is 0 Å². The van der Waals surface area contributed by atoms with Crippen LogP contribution in [0.2, 0.25) is 0 Å². The Kier molecular flexibility index (Phi) is 6.79. The van der Waals surface area contributed by atoms with Crippen LogP contribution in [-0.2, 0) is 9.47 Å². The molecule has 3 heteroatoms. The Morgan fingerprint density at radius 2 is 1.80 bits per heavy atom. The molecule has 2 aliphatic rings. The quantitative estimate of drug-likeness (QED) is 0.775. The van der Waals surface area contributed by atoms with E-state index in [0.29, 0.717) is 6.10 Å². The molecule has 0 aromatic carbocycles. The summed E-state index contributed by atoms with van der Waals surface area (Å²) in [6.45, 7) is 8.31. The summed E-state index contributed by atoms with van der Waals surface area (Å²) in [7, 11) is 0. The number of rotatable bonds is 7. The topological polar surface area (TPSA) is 30.5 Å². The van der Waals surface area contributed by atoms with E-state index in [-0.39, 0.29) is 5.60 Å². The van der Waals surface area contributed by atoms with Gasteiger partial charge in [0.05, 0.1) is 11.7 Å². The van der Waals surface area contributed by atoms with Crippen molar-refractivity contribution in [3.05, 3.63) is 0 Å². The molecular formula is C17H33NO2. The molecule has 118 valence electrons. The number of hydrogen-bond donors (Lipinski definition) is 1. The lowest BCUT2D eigenvalue weighted by molar-refractivity contribution is -0.143. The van der Waals surface area contributed by atoms with Crippen molar-refractivity contribution in [2.75, 3.05) is 26.3 Å². The smallest absolute Gasteiger partial charge is 0.0810 e. The Morgan fingerprint density at radius 1 is 1.10 bits per heavy atom. The number of hydrogen-bond acceptors (Lipinski definition) is 3.